The standard InChI is InChI=1S/C14H9ClFNO/c15-13-3-1-2-4-14(13)18-9-11-7-12(16)6-5-10(11)8-17/h1-7H,9H2. The van der Waals surface area contributed by atoms with Crippen LogP contribution >= 0.6 is 11.6 Å². The van der Waals surface area contributed by atoms with E-state index < -0.39 is 5.82 Å². The zero-order valence-corrected chi connectivity index (χ0v) is 10.1. The number of hydrogen-bond donors (Lipinski definition) is 0. The molecule has 2 aromatic rings. The molecule has 0 heterocycles. The van der Waals surface area contributed by atoms with Gasteiger partial charge in [-0.2, -0.15) is 5.26 Å². The van der Waals surface area contributed by atoms with E-state index in [0.717, 1.165) is 0 Å². The van der Waals surface area contributed by atoms with Gasteiger partial charge in [0.1, 0.15) is 18.2 Å². The normalized spacial score (nSPS) is 9.83. The topological polar surface area (TPSA) is 33.0 Å². The molecule has 18 heavy (non-hydrogen) atoms. The summed E-state index contributed by atoms with van der Waals surface area (Å²) < 4.78 is 18.6. The summed E-state index contributed by atoms with van der Waals surface area (Å²) in [7, 11) is 0. The minimum Gasteiger partial charge on any atom is -0.487 e. The summed E-state index contributed by atoms with van der Waals surface area (Å²) in [6, 6.07) is 13.0. The quantitative estimate of drug-likeness (QED) is 0.839. The van der Waals surface area contributed by atoms with Gasteiger partial charge >= 0.3 is 0 Å². The van der Waals surface area contributed by atoms with Crippen LogP contribution in [0.15, 0.2) is 42.5 Å². The lowest BCUT2D eigenvalue weighted by Crippen LogP contribution is -1.99. The molecule has 0 saturated carbocycles. The van der Waals surface area contributed by atoms with Crippen molar-refractivity contribution in [3.63, 3.8) is 0 Å². The number of para-hydroxylation sites is 1. The van der Waals surface area contributed by atoms with Crippen molar-refractivity contribution in [2.45, 2.75) is 6.61 Å². The van der Waals surface area contributed by atoms with Crippen molar-refractivity contribution in [2.75, 3.05) is 0 Å². The number of hydrogen-bond acceptors (Lipinski definition) is 2. The van der Waals surface area contributed by atoms with Crippen LogP contribution in [0.3, 0.4) is 0 Å². The number of rotatable bonds is 3. The van der Waals surface area contributed by atoms with Gasteiger partial charge in [0.25, 0.3) is 0 Å². The molecule has 0 aliphatic rings. The van der Waals surface area contributed by atoms with Crippen molar-refractivity contribution < 1.29 is 9.13 Å². The molecule has 4 heteroatoms. The monoisotopic (exact) mass is 261 g/mol. The number of benzene rings is 2. The highest BCUT2D eigenvalue weighted by molar-refractivity contribution is 6.32. The number of ether oxygens (including phenoxy) is 1. The van der Waals surface area contributed by atoms with Gasteiger partial charge in [0.05, 0.1) is 16.7 Å². The van der Waals surface area contributed by atoms with Crippen LogP contribution in [0.2, 0.25) is 5.02 Å². The van der Waals surface area contributed by atoms with E-state index in [4.69, 9.17) is 21.6 Å². The van der Waals surface area contributed by atoms with Gasteiger partial charge < -0.3 is 4.74 Å². The lowest BCUT2D eigenvalue weighted by molar-refractivity contribution is 0.305. The summed E-state index contributed by atoms with van der Waals surface area (Å²) in [6.45, 7) is 0.102. The highest BCUT2D eigenvalue weighted by Crippen LogP contribution is 2.24. The van der Waals surface area contributed by atoms with E-state index in [9.17, 15) is 4.39 Å². The van der Waals surface area contributed by atoms with Crippen molar-refractivity contribution in [3.8, 4) is 11.8 Å². The van der Waals surface area contributed by atoms with Gasteiger partial charge in [-0.25, -0.2) is 4.39 Å². The second kappa shape index (κ2) is 5.52. The molecule has 0 unspecified atom stereocenters. The number of halogens is 2. The SMILES string of the molecule is N#Cc1ccc(F)cc1COc1ccccc1Cl. The van der Waals surface area contributed by atoms with Crippen LogP contribution in [0.1, 0.15) is 11.1 Å². The Kier molecular flexibility index (Phi) is 3.81. The minimum atomic E-state index is -0.397. The second-order valence-electron chi connectivity index (χ2n) is 3.63. The van der Waals surface area contributed by atoms with Crippen LogP contribution in [0, 0.1) is 17.1 Å². The van der Waals surface area contributed by atoms with Gasteiger partial charge in [-0.05, 0) is 30.3 Å². The molecule has 0 N–H and O–H groups in total. The first-order valence-corrected chi connectivity index (χ1v) is 5.64. The summed E-state index contributed by atoms with van der Waals surface area (Å²) in [4.78, 5) is 0. The summed E-state index contributed by atoms with van der Waals surface area (Å²) in [5, 5.41) is 9.39. The molecular weight excluding hydrogens is 253 g/mol. The zero-order valence-electron chi connectivity index (χ0n) is 9.36. The van der Waals surface area contributed by atoms with Crippen molar-refractivity contribution in [2.24, 2.45) is 0 Å². The Hall–Kier alpha value is -2.05. The fourth-order valence-electron chi connectivity index (χ4n) is 1.51. The molecule has 2 aromatic carbocycles. The van der Waals surface area contributed by atoms with E-state index in [-0.39, 0.29) is 6.61 Å². The maximum absolute atomic E-state index is 13.1. The van der Waals surface area contributed by atoms with Crippen LogP contribution in [0.25, 0.3) is 0 Å². The highest BCUT2D eigenvalue weighted by Gasteiger charge is 2.06. The van der Waals surface area contributed by atoms with Crippen molar-refractivity contribution in [1.82, 2.24) is 0 Å². The fraction of sp³-hybridized carbons (Fsp3) is 0.0714. The van der Waals surface area contributed by atoms with Crippen molar-refractivity contribution in [1.29, 1.82) is 5.26 Å². The average Bonchev–Trinajstić information content (AvgIpc) is 2.38. The average molecular weight is 262 g/mol. The maximum Gasteiger partial charge on any atom is 0.138 e. The third kappa shape index (κ3) is 2.79. The maximum atomic E-state index is 13.1. The largest absolute Gasteiger partial charge is 0.487 e. The molecule has 0 fully saturated rings. The summed E-state index contributed by atoms with van der Waals surface area (Å²) in [5.41, 5.74) is 0.890. The molecule has 2 rings (SSSR count). The lowest BCUT2D eigenvalue weighted by Gasteiger charge is -2.09. The van der Waals surface area contributed by atoms with Crippen LogP contribution < -0.4 is 4.74 Å². The first-order chi connectivity index (χ1) is 8.70. The summed E-state index contributed by atoms with van der Waals surface area (Å²) in [6.07, 6.45) is 0. The molecule has 2 nitrogen and oxygen atoms in total. The van der Waals surface area contributed by atoms with Crippen molar-refractivity contribution >= 4 is 11.6 Å². The predicted octanol–water partition coefficient (Wildman–Crippen LogP) is 3.93. The van der Waals surface area contributed by atoms with E-state index in [1.54, 1.807) is 24.3 Å². The van der Waals surface area contributed by atoms with E-state index in [1.807, 2.05) is 6.07 Å². The summed E-state index contributed by atoms with van der Waals surface area (Å²) >= 11 is 5.93. The zero-order chi connectivity index (χ0) is 13.0. The van der Waals surface area contributed by atoms with Crippen LogP contribution in [0.4, 0.5) is 4.39 Å². The molecule has 0 aromatic heterocycles. The molecular formula is C14H9ClFNO. The third-order valence-electron chi connectivity index (χ3n) is 2.41. The van der Waals surface area contributed by atoms with Gasteiger partial charge in [0, 0.05) is 5.56 Å². The van der Waals surface area contributed by atoms with Gasteiger partial charge in [0.15, 0.2) is 0 Å². The Morgan fingerprint density at radius 3 is 2.72 bits per heavy atom. The molecule has 0 amide bonds. The van der Waals surface area contributed by atoms with Gasteiger partial charge in [-0.15, -0.1) is 0 Å². The molecule has 0 saturated heterocycles. The Bertz CT molecular complexity index is 607. The van der Waals surface area contributed by atoms with Gasteiger partial charge in [-0.3, -0.25) is 0 Å². The Balaban J connectivity index is 2.18. The van der Waals surface area contributed by atoms with Crippen LogP contribution in [-0.2, 0) is 6.61 Å². The molecule has 0 atom stereocenters. The Labute approximate surface area is 109 Å². The van der Waals surface area contributed by atoms with E-state index in [1.165, 1.54) is 18.2 Å². The molecule has 90 valence electrons. The summed E-state index contributed by atoms with van der Waals surface area (Å²) in [5.74, 6) is 0.110. The Morgan fingerprint density at radius 2 is 2.00 bits per heavy atom. The first kappa shape index (κ1) is 12.4. The van der Waals surface area contributed by atoms with Gasteiger partial charge in [0.2, 0.25) is 0 Å². The lowest BCUT2D eigenvalue weighted by atomic mass is 10.1. The highest BCUT2D eigenvalue weighted by atomic mass is 35.5. The van der Waals surface area contributed by atoms with E-state index in [0.29, 0.717) is 21.9 Å². The molecule has 0 aliphatic heterocycles. The van der Waals surface area contributed by atoms with Crippen LogP contribution in [0.5, 0.6) is 5.75 Å². The smallest absolute Gasteiger partial charge is 0.138 e. The van der Waals surface area contributed by atoms with E-state index in [2.05, 4.69) is 0 Å². The molecule has 0 spiro atoms. The Morgan fingerprint density at radius 1 is 1.22 bits per heavy atom. The predicted molar refractivity (Wildman–Crippen MR) is 66.9 cm³/mol. The van der Waals surface area contributed by atoms with E-state index >= 15 is 0 Å². The number of nitriles is 1. The van der Waals surface area contributed by atoms with Crippen molar-refractivity contribution in [3.05, 3.63) is 64.4 Å². The first-order valence-electron chi connectivity index (χ1n) is 5.26. The van der Waals surface area contributed by atoms with Gasteiger partial charge in [-0.1, -0.05) is 23.7 Å². The second-order valence-corrected chi connectivity index (χ2v) is 4.04. The third-order valence-corrected chi connectivity index (χ3v) is 2.72. The molecule has 0 bridgehead atoms. The number of nitrogens with zero attached hydrogens (tertiary/aromatic N) is 1. The molecule has 0 aliphatic carbocycles. The molecule has 0 radical (unpaired) electrons. The fourth-order valence-corrected chi connectivity index (χ4v) is 1.70. The van der Waals surface area contributed by atoms with Crippen LogP contribution in [-0.4, -0.2) is 0 Å². The minimum absolute atomic E-state index is 0.102.